The van der Waals surface area contributed by atoms with Gasteiger partial charge in [0.15, 0.2) is 0 Å². The fourth-order valence-corrected chi connectivity index (χ4v) is 2.07. The van der Waals surface area contributed by atoms with Crippen LogP contribution in [0.4, 0.5) is 43.7 Å². The molecule has 146 valence electrons. The quantitative estimate of drug-likeness (QED) is 0.482. The molecule has 14 heteroatoms. The Morgan fingerprint density at radius 1 is 1.15 bits per heavy atom. The summed E-state index contributed by atoms with van der Waals surface area (Å²) in [5, 5.41) is 19.2. The number of hydrogen-bond donors (Lipinski definition) is 1. The molecule has 0 unspecified atom stereocenters. The van der Waals surface area contributed by atoms with E-state index in [0.29, 0.717) is 16.7 Å². The Morgan fingerprint density at radius 3 is 2.26 bits per heavy atom. The predicted octanol–water partition coefficient (Wildman–Crippen LogP) is 3.35. The Morgan fingerprint density at radius 2 is 1.78 bits per heavy atom. The van der Waals surface area contributed by atoms with Crippen LogP contribution < -0.4 is 10.9 Å². The highest BCUT2D eigenvalue weighted by Gasteiger charge is 2.38. The van der Waals surface area contributed by atoms with Crippen molar-refractivity contribution >= 4 is 17.3 Å². The minimum absolute atomic E-state index is 0.244. The van der Waals surface area contributed by atoms with E-state index in [1.807, 2.05) is 0 Å². The molecule has 0 saturated heterocycles. The van der Waals surface area contributed by atoms with Gasteiger partial charge in [-0.3, -0.25) is 19.5 Å². The minimum Gasteiger partial charge on any atom is -0.318 e. The summed E-state index contributed by atoms with van der Waals surface area (Å²) < 4.78 is 76.8. The molecule has 8 nitrogen and oxygen atoms in total. The molecule has 0 atom stereocenters. The summed E-state index contributed by atoms with van der Waals surface area (Å²) in [5.74, 6) is -0.599. The lowest BCUT2D eigenvalue weighted by Crippen LogP contribution is -2.32. The predicted molar refractivity (Wildman–Crippen MR) is 78.3 cm³/mol. The van der Waals surface area contributed by atoms with E-state index in [0.717, 1.165) is 0 Å². The number of aromatic nitrogens is 3. The number of alkyl halides is 6. The van der Waals surface area contributed by atoms with Gasteiger partial charge in [0, 0.05) is 12.6 Å². The lowest BCUT2D eigenvalue weighted by atomic mass is 10.1. The number of anilines is 2. The average Bonchev–Trinajstić information content (AvgIpc) is 2.53. The van der Waals surface area contributed by atoms with Gasteiger partial charge in [-0.1, -0.05) is 0 Å². The number of halogens is 6. The first-order chi connectivity index (χ1) is 12.4. The van der Waals surface area contributed by atoms with E-state index in [4.69, 9.17) is 0 Å². The van der Waals surface area contributed by atoms with Gasteiger partial charge < -0.3 is 5.32 Å². The zero-order valence-corrected chi connectivity index (χ0v) is 13.2. The Kier molecular flexibility index (Phi) is 5.10. The maximum absolute atomic E-state index is 12.7. The van der Waals surface area contributed by atoms with Gasteiger partial charge in [-0.2, -0.15) is 26.3 Å². The van der Waals surface area contributed by atoms with Gasteiger partial charge in [-0.15, -0.1) is 10.2 Å². The number of nitrogens with zero attached hydrogens (tertiary/aromatic N) is 4. The van der Waals surface area contributed by atoms with Crippen LogP contribution in [0.3, 0.4) is 0 Å². The van der Waals surface area contributed by atoms with Crippen molar-refractivity contribution < 1.29 is 31.3 Å². The minimum atomic E-state index is -5.07. The molecule has 2 rings (SSSR count). The van der Waals surface area contributed by atoms with Crippen molar-refractivity contribution in [3.8, 4) is 0 Å². The van der Waals surface area contributed by atoms with Gasteiger partial charge >= 0.3 is 12.4 Å². The molecule has 0 amide bonds. The molecule has 0 saturated carbocycles. The summed E-state index contributed by atoms with van der Waals surface area (Å²) in [6.07, 6.45) is -9.91. The van der Waals surface area contributed by atoms with Crippen molar-refractivity contribution in [2.75, 3.05) is 5.32 Å². The fraction of sp³-hybridized carbons (Fsp3) is 0.308. The highest BCUT2D eigenvalue weighted by Crippen LogP contribution is 2.35. The summed E-state index contributed by atoms with van der Waals surface area (Å²) in [6, 6.07) is 1.47. The summed E-state index contributed by atoms with van der Waals surface area (Å²) in [5.41, 5.74) is -6.18. The zero-order chi connectivity index (χ0) is 20.6. The lowest BCUT2D eigenvalue weighted by molar-refractivity contribution is -0.384. The van der Waals surface area contributed by atoms with Gasteiger partial charge in [0.05, 0.1) is 10.5 Å². The molecule has 0 bridgehead atoms. The van der Waals surface area contributed by atoms with Crippen LogP contribution in [0.15, 0.2) is 23.0 Å². The molecule has 27 heavy (non-hydrogen) atoms. The third-order valence-corrected chi connectivity index (χ3v) is 3.30. The molecule has 0 aliphatic carbocycles. The molecule has 0 radical (unpaired) electrons. The molecule has 1 aromatic heterocycles. The smallest absolute Gasteiger partial charge is 0.318 e. The lowest BCUT2D eigenvalue weighted by Gasteiger charge is -2.14. The van der Waals surface area contributed by atoms with Crippen LogP contribution in [0, 0.1) is 10.1 Å². The van der Waals surface area contributed by atoms with Gasteiger partial charge in [0.25, 0.3) is 11.2 Å². The Bertz CT molecular complexity index is 938. The van der Waals surface area contributed by atoms with Crippen LogP contribution in [0.1, 0.15) is 18.2 Å². The maximum atomic E-state index is 12.7. The van der Waals surface area contributed by atoms with E-state index < -0.39 is 51.4 Å². The molecule has 0 fully saturated rings. The molecular weight excluding hydrogens is 388 g/mol. The molecule has 1 N–H and O–H groups in total. The standard InChI is InChI=1S/C13H9F6N5O3/c1-2-23-10(25)9(13(17,18)19)21-22-11(23)20-7-4-3-6(12(14,15)16)5-8(7)24(26)27/h3-5H,2H2,1H3,(H,20,22). The summed E-state index contributed by atoms with van der Waals surface area (Å²) in [6.45, 7) is 0.990. The first kappa shape index (κ1) is 20.1. The molecule has 2 aromatic rings. The number of rotatable bonds is 4. The van der Waals surface area contributed by atoms with E-state index in [9.17, 15) is 41.3 Å². The van der Waals surface area contributed by atoms with Crippen molar-refractivity contribution in [1.29, 1.82) is 0 Å². The molecule has 0 aliphatic heterocycles. The SMILES string of the molecule is CCn1c(Nc2ccc(C(F)(F)F)cc2[N+](=O)[O-])nnc(C(F)(F)F)c1=O. The molecule has 0 aliphatic rings. The maximum Gasteiger partial charge on any atom is 0.440 e. The highest BCUT2D eigenvalue weighted by molar-refractivity contribution is 5.67. The number of nitrogens with one attached hydrogen (secondary N) is 1. The van der Waals surface area contributed by atoms with E-state index in [2.05, 4.69) is 15.5 Å². The number of hydrogen-bond acceptors (Lipinski definition) is 6. The Hall–Kier alpha value is -3.19. The second kappa shape index (κ2) is 6.85. The Balaban J connectivity index is 2.56. The molecule has 1 heterocycles. The van der Waals surface area contributed by atoms with Crippen LogP contribution >= 0.6 is 0 Å². The van der Waals surface area contributed by atoms with Crippen LogP contribution in [-0.4, -0.2) is 19.7 Å². The van der Waals surface area contributed by atoms with Crippen molar-refractivity contribution in [3.63, 3.8) is 0 Å². The van der Waals surface area contributed by atoms with Gasteiger partial charge in [0.2, 0.25) is 11.6 Å². The van der Waals surface area contributed by atoms with Crippen molar-refractivity contribution in [1.82, 2.24) is 14.8 Å². The van der Waals surface area contributed by atoms with Gasteiger partial charge in [-0.25, -0.2) is 0 Å². The first-order valence-corrected chi connectivity index (χ1v) is 7.03. The molecular formula is C13H9F6N5O3. The zero-order valence-electron chi connectivity index (χ0n) is 13.2. The van der Waals surface area contributed by atoms with Crippen LogP contribution in [-0.2, 0) is 18.9 Å². The number of nitro benzene ring substituents is 1. The van der Waals surface area contributed by atoms with E-state index in [1.165, 1.54) is 6.92 Å². The largest absolute Gasteiger partial charge is 0.440 e. The molecule has 0 spiro atoms. The van der Waals surface area contributed by atoms with Crippen LogP contribution in [0.5, 0.6) is 0 Å². The summed E-state index contributed by atoms with van der Waals surface area (Å²) in [7, 11) is 0. The first-order valence-electron chi connectivity index (χ1n) is 7.03. The number of benzene rings is 1. The topological polar surface area (TPSA) is 103 Å². The van der Waals surface area contributed by atoms with E-state index in [-0.39, 0.29) is 12.6 Å². The van der Waals surface area contributed by atoms with Crippen molar-refractivity contribution in [3.05, 3.63) is 49.9 Å². The van der Waals surface area contributed by atoms with Crippen molar-refractivity contribution in [2.24, 2.45) is 0 Å². The molecule has 1 aromatic carbocycles. The highest BCUT2D eigenvalue weighted by atomic mass is 19.4. The fourth-order valence-electron chi connectivity index (χ4n) is 2.07. The third kappa shape index (κ3) is 4.15. The summed E-state index contributed by atoms with van der Waals surface area (Å²) >= 11 is 0. The second-order valence-electron chi connectivity index (χ2n) is 5.03. The van der Waals surface area contributed by atoms with E-state index >= 15 is 0 Å². The van der Waals surface area contributed by atoms with Crippen LogP contribution in [0.25, 0.3) is 0 Å². The van der Waals surface area contributed by atoms with Gasteiger partial charge in [-0.05, 0) is 19.1 Å². The summed E-state index contributed by atoms with van der Waals surface area (Å²) in [4.78, 5) is 21.8. The third-order valence-electron chi connectivity index (χ3n) is 3.30. The Labute approximate surface area is 145 Å². The second-order valence-corrected chi connectivity index (χ2v) is 5.03. The monoisotopic (exact) mass is 397 g/mol. The van der Waals surface area contributed by atoms with E-state index in [1.54, 1.807) is 0 Å². The normalized spacial score (nSPS) is 12.1. The average molecular weight is 397 g/mol. The van der Waals surface area contributed by atoms with Crippen molar-refractivity contribution in [2.45, 2.75) is 25.8 Å². The van der Waals surface area contributed by atoms with Gasteiger partial charge in [0.1, 0.15) is 5.69 Å². The number of nitro groups is 1. The van der Waals surface area contributed by atoms with Crippen LogP contribution in [0.2, 0.25) is 0 Å².